The molecule has 0 atom stereocenters. The molecule has 0 spiro atoms. The molecule has 0 bridgehead atoms. The molecule has 1 heterocycles. The van der Waals surface area contributed by atoms with E-state index in [1.54, 1.807) is 32.2 Å². The highest BCUT2D eigenvalue weighted by molar-refractivity contribution is 6.20. The Hall–Kier alpha value is -3.85. The number of ether oxygens (including phenoxy) is 2. The zero-order valence-corrected chi connectivity index (χ0v) is 19.0. The number of carbonyl (C=O) groups excluding carboxylic acids is 2. The van der Waals surface area contributed by atoms with E-state index in [0.717, 1.165) is 27.7 Å². The lowest BCUT2D eigenvalue weighted by Gasteiger charge is -2.32. The molecule has 1 aliphatic carbocycles. The van der Waals surface area contributed by atoms with Crippen molar-refractivity contribution in [3.63, 3.8) is 0 Å². The molecule has 32 heavy (non-hydrogen) atoms. The Bertz CT molecular complexity index is 1280. The van der Waals surface area contributed by atoms with Crippen LogP contribution in [-0.4, -0.2) is 30.5 Å². The van der Waals surface area contributed by atoms with Crippen LogP contribution in [0.1, 0.15) is 66.0 Å². The second kappa shape index (κ2) is 8.72. The van der Waals surface area contributed by atoms with Gasteiger partial charge in [0.25, 0.3) is 0 Å². The second-order valence-electron chi connectivity index (χ2n) is 7.97. The summed E-state index contributed by atoms with van der Waals surface area (Å²) in [6, 6.07) is 11.3. The van der Waals surface area contributed by atoms with Crippen molar-refractivity contribution >= 4 is 28.7 Å². The minimum atomic E-state index is -0.405. The molecule has 6 heteroatoms. The molecule has 1 aliphatic rings. The van der Waals surface area contributed by atoms with Crippen LogP contribution in [-0.2, 0) is 14.9 Å². The first-order valence-electron chi connectivity index (χ1n) is 10.3. The van der Waals surface area contributed by atoms with Crippen LogP contribution in [0.2, 0.25) is 0 Å². The lowest BCUT2D eigenvalue weighted by Crippen LogP contribution is -2.30. The second-order valence-corrected chi connectivity index (χ2v) is 7.97. The van der Waals surface area contributed by atoms with E-state index in [1.807, 2.05) is 18.2 Å². The molecule has 0 fully saturated rings. The summed E-state index contributed by atoms with van der Waals surface area (Å²) >= 11 is 0. The van der Waals surface area contributed by atoms with E-state index in [9.17, 15) is 9.59 Å². The summed E-state index contributed by atoms with van der Waals surface area (Å²) in [5.74, 6) is 0.472. The van der Waals surface area contributed by atoms with E-state index in [2.05, 4.69) is 36.2 Å². The fourth-order valence-electron chi connectivity index (χ4n) is 4.08. The molecule has 0 saturated heterocycles. The largest absolute Gasteiger partial charge is 0.496 e. The molecular weight excluding hydrogens is 404 g/mol. The zero-order chi connectivity index (χ0) is 23.6. The Kier molecular flexibility index (Phi) is 6.22. The topological polar surface area (TPSA) is 92.2 Å². The minimum absolute atomic E-state index is 0.0176. The number of nitriles is 1. The highest BCUT2D eigenvalue weighted by atomic mass is 16.5. The van der Waals surface area contributed by atoms with E-state index in [-0.39, 0.29) is 11.8 Å². The monoisotopic (exact) mass is 430 g/mol. The first-order chi connectivity index (χ1) is 15.2. The van der Waals surface area contributed by atoms with Gasteiger partial charge in [0.15, 0.2) is 5.78 Å². The third kappa shape index (κ3) is 3.78. The van der Waals surface area contributed by atoms with Gasteiger partial charge in [-0.15, -0.1) is 0 Å². The highest BCUT2D eigenvalue weighted by Gasteiger charge is 2.40. The maximum absolute atomic E-state index is 13.3. The molecule has 2 aromatic carbocycles. The van der Waals surface area contributed by atoms with Gasteiger partial charge < -0.3 is 14.5 Å². The number of esters is 1. The number of nitrogens with zero attached hydrogens (tertiary/aromatic N) is 1. The summed E-state index contributed by atoms with van der Waals surface area (Å²) in [7, 11) is 1.62. The predicted molar refractivity (Wildman–Crippen MR) is 124 cm³/mol. The first kappa shape index (κ1) is 22.8. The summed E-state index contributed by atoms with van der Waals surface area (Å²) < 4.78 is 9.88. The number of ketones is 1. The fourth-order valence-corrected chi connectivity index (χ4v) is 4.08. The number of rotatable bonds is 3. The Morgan fingerprint density at radius 3 is 2.53 bits per heavy atom. The molecule has 0 unspecified atom stereocenters. The number of hydrogen-bond acceptors (Lipinski definition) is 5. The molecule has 6 nitrogen and oxygen atoms in total. The van der Waals surface area contributed by atoms with Crippen molar-refractivity contribution in [3.05, 3.63) is 70.4 Å². The van der Waals surface area contributed by atoms with Gasteiger partial charge >= 0.3 is 5.97 Å². The molecule has 0 amide bonds. The maximum Gasteiger partial charge on any atom is 0.302 e. The van der Waals surface area contributed by atoms with Gasteiger partial charge in [0.2, 0.25) is 0 Å². The molecule has 0 radical (unpaired) electrons. The average Bonchev–Trinajstić information content (AvgIpc) is 3.17. The lowest BCUT2D eigenvalue weighted by atomic mass is 9.71. The zero-order valence-electron chi connectivity index (χ0n) is 19.0. The fraction of sp³-hybridized carbons (Fsp3) is 0.269. The molecule has 4 rings (SSSR count). The average molecular weight is 431 g/mol. The van der Waals surface area contributed by atoms with Gasteiger partial charge in [-0.25, -0.2) is 0 Å². The van der Waals surface area contributed by atoms with E-state index < -0.39 is 5.41 Å². The summed E-state index contributed by atoms with van der Waals surface area (Å²) in [6.07, 6.45) is 1.70. The lowest BCUT2D eigenvalue weighted by molar-refractivity contribution is -0.140. The summed E-state index contributed by atoms with van der Waals surface area (Å²) in [4.78, 5) is 26.5. The van der Waals surface area contributed by atoms with Crippen LogP contribution in [0.25, 0.3) is 17.0 Å². The number of hydrogen-bond donors (Lipinski definition) is 1. The van der Waals surface area contributed by atoms with Crippen molar-refractivity contribution in [1.82, 2.24) is 4.98 Å². The smallest absolute Gasteiger partial charge is 0.302 e. The van der Waals surface area contributed by atoms with Crippen LogP contribution < -0.4 is 4.74 Å². The molecule has 0 saturated carbocycles. The van der Waals surface area contributed by atoms with Crippen molar-refractivity contribution in [3.8, 4) is 11.8 Å². The Morgan fingerprint density at radius 2 is 2.00 bits per heavy atom. The number of fused-ring (bicyclic) bond motifs is 4. The number of nitrogens with one attached hydrogen (secondary N) is 1. The molecule has 0 aliphatic heterocycles. The first-order valence-corrected chi connectivity index (χ1v) is 10.3. The highest BCUT2D eigenvalue weighted by Crippen LogP contribution is 2.45. The molecule has 3 aromatic rings. The summed E-state index contributed by atoms with van der Waals surface area (Å²) in [5.41, 5.74) is 4.90. The Balaban J connectivity index is 0.000000427. The van der Waals surface area contributed by atoms with Gasteiger partial charge in [-0.05, 0) is 36.8 Å². The standard InChI is InChI=1S/C22H18N2O2.C4H8O2/c1-5-13-9-15-16(10-18(13)26-4)22(2,3)21-19(20(15)25)14-7-6-12(11-23)8-17(14)24-21;1-3-6-4(2)5/h5-10,24H,1H2,2-4H3;3H2,1-2H3. The normalized spacial score (nSPS) is 13.2. The minimum Gasteiger partial charge on any atom is -0.496 e. The summed E-state index contributed by atoms with van der Waals surface area (Å²) in [5, 5.41) is 10.0. The van der Waals surface area contributed by atoms with Gasteiger partial charge in [-0.2, -0.15) is 5.26 Å². The SMILES string of the molecule is C=Cc1cc2c(cc1OC)C(C)(C)c1[nH]c3cc(C#N)ccc3c1C2=O.CCOC(C)=O. The number of aromatic nitrogens is 1. The van der Waals surface area contributed by atoms with Gasteiger partial charge in [-0.1, -0.05) is 32.6 Å². The van der Waals surface area contributed by atoms with E-state index in [1.165, 1.54) is 6.92 Å². The van der Waals surface area contributed by atoms with Gasteiger partial charge in [-0.3, -0.25) is 9.59 Å². The van der Waals surface area contributed by atoms with Crippen molar-refractivity contribution in [2.75, 3.05) is 13.7 Å². The van der Waals surface area contributed by atoms with E-state index >= 15 is 0 Å². The number of methoxy groups -OCH3 is 1. The summed E-state index contributed by atoms with van der Waals surface area (Å²) in [6.45, 7) is 11.7. The number of aromatic amines is 1. The van der Waals surface area contributed by atoms with Crippen molar-refractivity contribution in [2.45, 2.75) is 33.1 Å². The molecular formula is C26H26N2O4. The van der Waals surface area contributed by atoms with E-state index in [0.29, 0.717) is 29.0 Å². The van der Waals surface area contributed by atoms with E-state index in [4.69, 9.17) is 10.00 Å². The quantitative estimate of drug-likeness (QED) is 0.582. The van der Waals surface area contributed by atoms with Crippen molar-refractivity contribution < 1.29 is 19.1 Å². The number of benzene rings is 2. The van der Waals surface area contributed by atoms with Crippen LogP contribution in [0.4, 0.5) is 0 Å². The Morgan fingerprint density at radius 1 is 1.28 bits per heavy atom. The van der Waals surface area contributed by atoms with Crippen LogP contribution in [0.3, 0.4) is 0 Å². The van der Waals surface area contributed by atoms with Gasteiger partial charge in [0, 0.05) is 40.1 Å². The predicted octanol–water partition coefficient (Wildman–Crippen LogP) is 5.13. The van der Waals surface area contributed by atoms with Crippen molar-refractivity contribution in [2.24, 2.45) is 0 Å². The third-order valence-electron chi connectivity index (χ3n) is 5.64. The van der Waals surface area contributed by atoms with Crippen molar-refractivity contribution in [1.29, 1.82) is 5.26 Å². The van der Waals surface area contributed by atoms with Gasteiger partial charge in [0.05, 0.1) is 30.9 Å². The molecule has 1 aromatic heterocycles. The number of H-pyrrole nitrogens is 1. The Labute approximate surface area is 187 Å². The molecule has 1 N–H and O–H groups in total. The van der Waals surface area contributed by atoms with Crippen LogP contribution in [0, 0.1) is 11.3 Å². The number of carbonyl (C=O) groups is 2. The third-order valence-corrected chi connectivity index (χ3v) is 5.64. The van der Waals surface area contributed by atoms with Crippen LogP contribution in [0.5, 0.6) is 5.75 Å². The van der Waals surface area contributed by atoms with Gasteiger partial charge in [0.1, 0.15) is 5.75 Å². The van der Waals surface area contributed by atoms with Crippen LogP contribution in [0.15, 0.2) is 36.9 Å². The molecule has 164 valence electrons. The van der Waals surface area contributed by atoms with Crippen LogP contribution >= 0.6 is 0 Å². The maximum atomic E-state index is 13.3.